The van der Waals surface area contributed by atoms with Crippen molar-refractivity contribution in [2.24, 2.45) is 5.92 Å². The van der Waals surface area contributed by atoms with Gasteiger partial charge in [0.05, 0.1) is 22.3 Å². The second-order valence-corrected chi connectivity index (χ2v) is 4.93. The summed E-state index contributed by atoms with van der Waals surface area (Å²) in [4.78, 5) is 21.3. The summed E-state index contributed by atoms with van der Waals surface area (Å²) in [5.41, 5.74) is 0.0401. The predicted molar refractivity (Wildman–Crippen MR) is 71.9 cm³/mol. The van der Waals surface area contributed by atoms with Crippen molar-refractivity contribution in [3.8, 4) is 0 Å². The summed E-state index contributed by atoms with van der Waals surface area (Å²) < 4.78 is 0. The molecule has 0 bridgehead atoms. The highest BCUT2D eigenvalue weighted by atomic mass is 16.6. The Morgan fingerprint density at radius 1 is 1.45 bits per heavy atom. The van der Waals surface area contributed by atoms with Crippen LogP contribution in [0.3, 0.4) is 0 Å². The van der Waals surface area contributed by atoms with E-state index in [2.05, 4.69) is 5.32 Å². The number of nitrogens with zero attached hydrogens (tertiary/aromatic N) is 1. The van der Waals surface area contributed by atoms with Gasteiger partial charge in [-0.05, 0) is 18.9 Å². The number of nitro groups is 1. The number of aromatic carboxylic acids is 1. The second-order valence-electron chi connectivity index (χ2n) is 4.93. The molecule has 1 aliphatic rings. The number of nitro benzene ring substituents is 1. The van der Waals surface area contributed by atoms with Gasteiger partial charge in [0.2, 0.25) is 0 Å². The molecule has 1 fully saturated rings. The molecule has 0 spiro atoms. The summed E-state index contributed by atoms with van der Waals surface area (Å²) >= 11 is 0. The van der Waals surface area contributed by atoms with Crippen LogP contribution in [0.2, 0.25) is 0 Å². The Morgan fingerprint density at radius 3 is 2.75 bits per heavy atom. The molecule has 1 aliphatic carbocycles. The first-order chi connectivity index (χ1) is 9.49. The van der Waals surface area contributed by atoms with Crippen LogP contribution in [0.25, 0.3) is 0 Å². The highest BCUT2D eigenvalue weighted by Gasteiger charge is 2.25. The van der Waals surface area contributed by atoms with E-state index in [1.807, 2.05) is 0 Å². The van der Waals surface area contributed by atoms with E-state index < -0.39 is 17.0 Å². The molecule has 1 saturated carbocycles. The Balaban J connectivity index is 2.17. The second kappa shape index (κ2) is 5.87. The molecule has 7 nitrogen and oxygen atoms in total. The molecular weight excluding hydrogens is 264 g/mol. The number of aliphatic hydroxyl groups excluding tert-OH is 1. The van der Waals surface area contributed by atoms with E-state index in [-0.39, 0.29) is 22.9 Å². The number of anilines is 1. The van der Waals surface area contributed by atoms with Crippen molar-refractivity contribution in [1.82, 2.24) is 0 Å². The van der Waals surface area contributed by atoms with Crippen molar-refractivity contribution in [3.63, 3.8) is 0 Å². The third-order valence-electron chi connectivity index (χ3n) is 3.62. The molecule has 0 amide bonds. The van der Waals surface area contributed by atoms with Gasteiger partial charge in [-0.2, -0.15) is 0 Å². The van der Waals surface area contributed by atoms with E-state index in [4.69, 9.17) is 5.11 Å². The van der Waals surface area contributed by atoms with Crippen molar-refractivity contribution < 1.29 is 19.9 Å². The number of carboxylic acids is 1. The van der Waals surface area contributed by atoms with E-state index >= 15 is 0 Å². The molecule has 0 saturated heterocycles. The number of hydrogen-bond acceptors (Lipinski definition) is 5. The Hall–Kier alpha value is -2.15. The summed E-state index contributed by atoms with van der Waals surface area (Å²) in [6.45, 7) is 0.405. The predicted octanol–water partition coefficient (Wildman–Crippen LogP) is 1.87. The molecule has 2 rings (SSSR count). The van der Waals surface area contributed by atoms with Gasteiger partial charge in [-0.25, -0.2) is 4.79 Å². The molecule has 20 heavy (non-hydrogen) atoms. The van der Waals surface area contributed by atoms with Crippen LogP contribution in [0.5, 0.6) is 0 Å². The van der Waals surface area contributed by atoms with Crippen LogP contribution in [-0.2, 0) is 0 Å². The lowest BCUT2D eigenvalue weighted by atomic mass is 10.1. The minimum Gasteiger partial charge on any atom is -0.478 e. The zero-order valence-electron chi connectivity index (χ0n) is 10.8. The molecule has 1 aromatic rings. The topological polar surface area (TPSA) is 113 Å². The highest BCUT2D eigenvalue weighted by Crippen LogP contribution is 2.28. The zero-order valence-corrected chi connectivity index (χ0v) is 10.8. The standard InChI is InChI=1S/C13H16N2O5/c16-12-3-1-2-8(12)7-14-11-6-9(15(19)20)4-5-10(11)13(17)18/h4-6,8,12,14,16H,1-3,7H2,(H,17,18). The number of carboxylic acid groups (broad SMARTS) is 1. The lowest BCUT2D eigenvalue weighted by Gasteiger charge is -2.17. The number of carbonyl (C=O) groups is 1. The fourth-order valence-electron chi connectivity index (χ4n) is 2.47. The molecule has 0 heterocycles. The first-order valence-corrected chi connectivity index (χ1v) is 6.42. The van der Waals surface area contributed by atoms with Crippen LogP contribution in [0.15, 0.2) is 18.2 Å². The molecule has 108 valence electrons. The molecule has 1 aromatic carbocycles. The number of hydrogen-bond donors (Lipinski definition) is 3. The van der Waals surface area contributed by atoms with Gasteiger partial charge in [0.1, 0.15) is 0 Å². The average molecular weight is 280 g/mol. The van der Waals surface area contributed by atoms with E-state index in [1.165, 1.54) is 18.2 Å². The van der Waals surface area contributed by atoms with Gasteiger partial charge >= 0.3 is 5.97 Å². The smallest absolute Gasteiger partial charge is 0.337 e. The molecule has 3 N–H and O–H groups in total. The molecule has 7 heteroatoms. The maximum Gasteiger partial charge on any atom is 0.337 e. The fraction of sp³-hybridized carbons (Fsp3) is 0.462. The van der Waals surface area contributed by atoms with E-state index in [0.717, 1.165) is 19.3 Å². The van der Waals surface area contributed by atoms with Crippen molar-refractivity contribution in [1.29, 1.82) is 0 Å². The molecule has 0 aromatic heterocycles. The molecule has 0 aliphatic heterocycles. The Bertz CT molecular complexity index is 531. The lowest BCUT2D eigenvalue weighted by Crippen LogP contribution is -2.22. The van der Waals surface area contributed by atoms with Crippen molar-refractivity contribution in [2.45, 2.75) is 25.4 Å². The minimum atomic E-state index is -1.14. The molecule has 2 atom stereocenters. The van der Waals surface area contributed by atoms with Gasteiger partial charge < -0.3 is 15.5 Å². The van der Waals surface area contributed by atoms with Crippen LogP contribution in [-0.4, -0.2) is 33.8 Å². The Morgan fingerprint density at radius 2 is 2.20 bits per heavy atom. The van der Waals surface area contributed by atoms with Gasteiger partial charge in [-0.15, -0.1) is 0 Å². The normalized spacial score (nSPS) is 21.6. The zero-order chi connectivity index (χ0) is 14.7. The van der Waals surface area contributed by atoms with E-state index in [0.29, 0.717) is 6.54 Å². The first kappa shape index (κ1) is 14.3. The number of aliphatic hydroxyl groups is 1. The number of nitrogens with one attached hydrogen (secondary N) is 1. The van der Waals surface area contributed by atoms with E-state index in [9.17, 15) is 20.0 Å². The average Bonchev–Trinajstić information content (AvgIpc) is 2.81. The molecular formula is C13H16N2O5. The third-order valence-corrected chi connectivity index (χ3v) is 3.62. The lowest BCUT2D eigenvalue weighted by molar-refractivity contribution is -0.384. The highest BCUT2D eigenvalue weighted by molar-refractivity contribution is 5.94. The monoisotopic (exact) mass is 280 g/mol. The van der Waals surface area contributed by atoms with Gasteiger partial charge in [-0.1, -0.05) is 6.42 Å². The summed E-state index contributed by atoms with van der Waals surface area (Å²) in [6, 6.07) is 3.59. The number of non-ortho nitro benzene ring substituents is 1. The fourth-order valence-corrected chi connectivity index (χ4v) is 2.47. The summed E-state index contributed by atoms with van der Waals surface area (Å²) in [6.07, 6.45) is 2.15. The van der Waals surface area contributed by atoms with Gasteiger partial charge in [0.15, 0.2) is 0 Å². The first-order valence-electron chi connectivity index (χ1n) is 6.42. The minimum absolute atomic E-state index is 0.0110. The maximum atomic E-state index is 11.1. The summed E-state index contributed by atoms with van der Waals surface area (Å²) in [5, 5.41) is 32.5. The van der Waals surface area contributed by atoms with Crippen LogP contribution >= 0.6 is 0 Å². The third kappa shape index (κ3) is 3.05. The van der Waals surface area contributed by atoms with Crippen LogP contribution in [0, 0.1) is 16.0 Å². The quantitative estimate of drug-likeness (QED) is 0.560. The molecule has 0 radical (unpaired) electrons. The molecule has 2 unspecified atom stereocenters. The van der Waals surface area contributed by atoms with Gasteiger partial charge in [0.25, 0.3) is 5.69 Å². The Labute approximate surface area is 115 Å². The Kier molecular flexibility index (Phi) is 4.19. The van der Waals surface area contributed by atoms with Crippen LogP contribution in [0.1, 0.15) is 29.6 Å². The van der Waals surface area contributed by atoms with Crippen molar-refractivity contribution in [2.75, 3.05) is 11.9 Å². The summed E-state index contributed by atoms with van der Waals surface area (Å²) in [7, 11) is 0. The van der Waals surface area contributed by atoms with Gasteiger partial charge in [0, 0.05) is 24.6 Å². The van der Waals surface area contributed by atoms with Crippen molar-refractivity contribution >= 4 is 17.3 Å². The van der Waals surface area contributed by atoms with Crippen molar-refractivity contribution in [3.05, 3.63) is 33.9 Å². The van der Waals surface area contributed by atoms with Gasteiger partial charge in [-0.3, -0.25) is 10.1 Å². The summed E-state index contributed by atoms with van der Waals surface area (Å²) in [5.74, 6) is -1.09. The maximum absolute atomic E-state index is 11.1. The number of rotatable bonds is 5. The largest absolute Gasteiger partial charge is 0.478 e. The number of benzene rings is 1. The van der Waals surface area contributed by atoms with E-state index in [1.54, 1.807) is 0 Å². The van der Waals surface area contributed by atoms with Crippen LogP contribution in [0.4, 0.5) is 11.4 Å². The van der Waals surface area contributed by atoms with Crippen LogP contribution < -0.4 is 5.32 Å². The SMILES string of the molecule is O=C(O)c1ccc([N+](=O)[O-])cc1NCC1CCCC1O.